The second-order valence-electron chi connectivity index (χ2n) is 17.7. The van der Waals surface area contributed by atoms with E-state index in [4.69, 9.17) is 14.2 Å². The summed E-state index contributed by atoms with van der Waals surface area (Å²) >= 11 is 0. The van der Waals surface area contributed by atoms with Gasteiger partial charge in [-0.05, 0) is 116 Å². The van der Waals surface area contributed by atoms with E-state index in [1.165, 1.54) is 89.9 Å². The minimum Gasteiger partial charge on any atom is -0.462 e. The number of unbranched alkanes of at least 4 members (excludes halogenated alkanes) is 23. The number of hydrogen-bond donors (Lipinski definition) is 0. The van der Waals surface area contributed by atoms with Crippen LogP contribution in [0, 0.1) is 0 Å². The van der Waals surface area contributed by atoms with Gasteiger partial charge in [0.2, 0.25) is 0 Å². The highest BCUT2D eigenvalue weighted by molar-refractivity contribution is 5.71. The fourth-order valence-corrected chi connectivity index (χ4v) is 7.28. The molecule has 65 heavy (non-hydrogen) atoms. The van der Waals surface area contributed by atoms with Crippen molar-refractivity contribution < 1.29 is 28.6 Å². The summed E-state index contributed by atoms with van der Waals surface area (Å²) in [5, 5.41) is 0. The van der Waals surface area contributed by atoms with Crippen LogP contribution in [0.3, 0.4) is 0 Å². The molecule has 0 spiro atoms. The first kappa shape index (κ1) is 61.6. The normalized spacial score (nSPS) is 12.7. The van der Waals surface area contributed by atoms with Crippen LogP contribution in [0.25, 0.3) is 0 Å². The van der Waals surface area contributed by atoms with Gasteiger partial charge in [0.15, 0.2) is 6.10 Å². The molecule has 1 atom stereocenters. The Bertz CT molecular complexity index is 1270. The van der Waals surface area contributed by atoms with Crippen LogP contribution >= 0.6 is 0 Å². The molecule has 0 aliphatic heterocycles. The maximum Gasteiger partial charge on any atom is 0.306 e. The molecule has 0 saturated carbocycles. The highest BCUT2D eigenvalue weighted by Gasteiger charge is 2.19. The lowest BCUT2D eigenvalue weighted by Gasteiger charge is -2.18. The molecule has 372 valence electrons. The molecule has 0 rings (SSSR count). The monoisotopic (exact) mass is 905 g/mol. The SMILES string of the molecule is CC/C=C\C/C=C\C/C=C\C/C=C\CCCCCCC(=O)OC[C@H](COC(=O)CCCCCCCCC/C=C\CCCCCC)OC(=O)CCCCCCC/C=C\C/C=C\CCCCC. The van der Waals surface area contributed by atoms with E-state index in [-0.39, 0.29) is 31.1 Å². The molecule has 0 heterocycles. The zero-order chi connectivity index (χ0) is 47.2. The van der Waals surface area contributed by atoms with E-state index in [0.29, 0.717) is 19.3 Å². The number of carbonyl (C=O) groups is 3. The van der Waals surface area contributed by atoms with Gasteiger partial charge in [-0.2, -0.15) is 0 Å². The maximum atomic E-state index is 12.8. The van der Waals surface area contributed by atoms with E-state index in [9.17, 15) is 14.4 Å². The molecule has 0 aromatic heterocycles. The number of allylic oxidation sites excluding steroid dienone is 14. The minimum absolute atomic E-state index is 0.0928. The molecular formula is C59H100O6. The molecule has 0 aliphatic rings. The van der Waals surface area contributed by atoms with Crippen LogP contribution in [-0.4, -0.2) is 37.2 Å². The lowest BCUT2D eigenvalue weighted by Crippen LogP contribution is -2.30. The molecule has 0 saturated heterocycles. The Morgan fingerprint density at radius 2 is 0.600 bits per heavy atom. The average molecular weight is 905 g/mol. The summed E-state index contributed by atoms with van der Waals surface area (Å²) in [7, 11) is 0. The van der Waals surface area contributed by atoms with Gasteiger partial charge in [-0.25, -0.2) is 0 Å². The van der Waals surface area contributed by atoms with Crippen molar-refractivity contribution in [2.75, 3.05) is 13.2 Å². The topological polar surface area (TPSA) is 78.9 Å². The van der Waals surface area contributed by atoms with Crippen LogP contribution in [0.5, 0.6) is 0 Å². The van der Waals surface area contributed by atoms with Crippen molar-refractivity contribution in [2.24, 2.45) is 0 Å². The van der Waals surface area contributed by atoms with Crippen molar-refractivity contribution in [3.8, 4) is 0 Å². The number of hydrogen-bond acceptors (Lipinski definition) is 6. The van der Waals surface area contributed by atoms with Gasteiger partial charge < -0.3 is 14.2 Å². The van der Waals surface area contributed by atoms with E-state index in [1.54, 1.807) is 0 Å². The molecule has 0 amide bonds. The molecule has 6 nitrogen and oxygen atoms in total. The standard InChI is InChI=1S/C59H100O6/c1-4-7-10-13-16-19-22-25-28-29-32-34-37-40-43-46-49-52-58(61)64-55-56(65-59(62)53-50-47-44-41-38-35-31-27-24-21-18-15-12-9-6-3)54-63-57(60)51-48-45-42-39-36-33-30-26-23-20-17-14-11-8-5-2/h7,10,16,18-21,23,25,27-28,31-32,34,56H,4-6,8-9,11-15,17,22,24,26,29-30,33,35-55H2,1-3H3/b10-7-,19-16-,21-18-,23-20-,28-25-,31-27-,34-32-/t56-/m0/s1. The second kappa shape index (κ2) is 53.2. The van der Waals surface area contributed by atoms with Gasteiger partial charge in [0.25, 0.3) is 0 Å². The Kier molecular flexibility index (Phi) is 50.4. The van der Waals surface area contributed by atoms with Gasteiger partial charge in [0.1, 0.15) is 13.2 Å². The Labute approximate surface area is 401 Å². The van der Waals surface area contributed by atoms with Crippen molar-refractivity contribution in [1.29, 1.82) is 0 Å². The minimum atomic E-state index is -0.796. The third-order valence-electron chi connectivity index (χ3n) is 11.4. The Balaban J connectivity index is 4.46. The van der Waals surface area contributed by atoms with Crippen molar-refractivity contribution in [3.05, 3.63) is 85.1 Å². The van der Waals surface area contributed by atoms with E-state index in [1.807, 2.05) is 0 Å². The quantitative estimate of drug-likeness (QED) is 0.0262. The largest absolute Gasteiger partial charge is 0.462 e. The second-order valence-corrected chi connectivity index (χ2v) is 17.7. The van der Waals surface area contributed by atoms with Gasteiger partial charge in [-0.1, -0.05) is 202 Å². The van der Waals surface area contributed by atoms with E-state index >= 15 is 0 Å². The molecule has 0 aliphatic carbocycles. The first-order chi connectivity index (χ1) is 32.0. The Morgan fingerprint density at radius 1 is 0.323 bits per heavy atom. The molecular weight excluding hydrogens is 805 g/mol. The zero-order valence-electron chi connectivity index (χ0n) is 42.5. The average Bonchev–Trinajstić information content (AvgIpc) is 3.30. The summed E-state index contributed by atoms with van der Waals surface area (Å²) in [6, 6.07) is 0. The predicted octanol–water partition coefficient (Wildman–Crippen LogP) is 18.0. The van der Waals surface area contributed by atoms with E-state index in [0.717, 1.165) is 122 Å². The van der Waals surface area contributed by atoms with Crippen LogP contribution in [0.2, 0.25) is 0 Å². The number of carbonyl (C=O) groups excluding carboxylic acids is 3. The molecule has 0 unspecified atom stereocenters. The smallest absolute Gasteiger partial charge is 0.306 e. The zero-order valence-corrected chi connectivity index (χ0v) is 42.5. The van der Waals surface area contributed by atoms with Gasteiger partial charge in [-0.3, -0.25) is 14.4 Å². The molecule has 0 bridgehead atoms. The van der Waals surface area contributed by atoms with Crippen LogP contribution in [0.15, 0.2) is 85.1 Å². The molecule has 6 heteroatoms. The molecule has 0 aromatic carbocycles. The van der Waals surface area contributed by atoms with Crippen LogP contribution in [-0.2, 0) is 28.6 Å². The van der Waals surface area contributed by atoms with Gasteiger partial charge in [0, 0.05) is 19.3 Å². The first-order valence-corrected chi connectivity index (χ1v) is 27.1. The van der Waals surface area contributed by atoms with Gasteiger partial charge in [-0.15, -0.1) is 0 Å². The van der Waals surface area contributed by atoms with Crippen LogP contribution < -0.4 is 0 Å². The lowest BCUT2D eigenvalue weighted by atomic mass is 10.1. The first-order valence-electron chi connectivity index (χ1n) is 27.1. The van der Waals surface area contributed by atoms with Crippen molar-refractivity contribution in [2.45, 2.75) is 258 Å². The summed E-state index contributed by atoms with van der Waals surface area (Å²) in [5.74, 6) is -0.934. The summed E-state index contributed by atoms with van der Waals surface area (Å²) < 4.78 is 16.8. The summed E-state index contributed by atoms with van der Waals surface area (Å²) in [6.45, 7) is 6.45. The number of ether oxygens (including phenoxy) is 3. The van der Waals surface area contributed by atoms with Gasteiger partial charge >= 0.3 is 17.9 Å². The molecule has 0 N–H and O–H groups in total. The van der Waals surface area contributed by atoms with Crippen LogP contribution in [0.1, 0.15) is 252 Å². The van der Waals surface area contributed by atoms with Crippen molar-refractivity contribution in [1.82, 2.24) is 0 Å². The summed E-state index contributed by atoms with van der Waals surface area (Å²) in [6.07, 6.45) is 68.4. The molecule has 0 fully saturated rings. The predicted molar refractivity (Wildman–Crippen MR) is 279 cm³/mol. The highest BCUT2D eigenvalue weighted by Crippen LogP contribution is 2.14. The summed E-state index contributed by atoms with van der Waals surface area (Å²) in [5.41, 5.74) is 0. The van der Waals surface area contributed by atoms with E-state index < -0.39 is 6.10 Å². The fraction of sp³-hybridized carbons (Fsp3) is 0.712. The van der Waals surface area contributed by atoms with Gasteiger partial charge in [0.05, 0.1) is 0 Å². The fourth-order valence-electron chi connectivity index (χ4n) is 7.28. The third-order valence-corrected chi connectivity index (χ3v) is 11.4. The van der Waals surface area contributed by atoms with Crippen molar-refractivity contribution >= 4 is 17.9 Å². The Morgan fingerprint density at radius 3 is 0.985 bits per heavy atom. The van der Waals surface area contributed by atoms with Crippen LogP contribution in [0.4, 0.5) is 0 Å². The maximum absolute atomic E-state index is 12.8. The molecule has 0 aromatic rings. The summed E-state index contributed by atoms with van der Waals surface area (Å²) in [4.78, 5) is 38.1. The third kappa shape index (κ3) is 51.4. The number of esters is 3. The van der Waals surface area contributed by atoms with Crippen molar-refractivity contribution in [3.63, 3.8) is 0 Å². The lowest BCUT2D eigenvalue weighted by molar-refractivity contribution is -0.167. The Hall–Kier alpha value is -3.41. The number of rotatable bonds is 48. The molecule has 0 radical (unpaired) electrons. The highest BCUT2D eigenvalue weighted by atomic mass is 16.6. The van der Waals surface area contributed by atoms with E-state index in [2.05, 4.69) is 106 Å².